The van der Waals surface area contributed by atoms with Gasteiger partial charge in [-0.3, -0.25) is 0 Å². The minimum Gasteiger partial charge on any atom is -0.379 e. The summed E-state index contributed by atoms with van der Waals surface area (Å²) in [5.41, 5.74) is 4.87. The zero-order chi connectivity index (χ0) is 11.1. The molecule has 2 aromatic rings. The Morgan fingerprint density at radius 2 is 2.19 bits per heavy atom. The van der Waals surface area contributed by atoms with Gasteiger partial charge < -0.3 is 10.2 Å². The van der Waals surface area contributed by atoms with Crippen molar-refractivity contribution in [3.8, 4) is 0 Å². The maximum Gasteiger partial charge on any atom is 0.0645 e. The van der Waals surface area contributed by atoms with Crippen LogP contribution in [0.25, 0.3) is 0 Å². The highest BCUT2D eigenvalue weighted by Crippen LogP contribution is 2.39. The third-order valence-corrected chi connectivity index (χ3v) is 3.88. The van der Waals surface area contributed by atoms with E-state index in [1.165, 1.54) is 16.9 Å². The molecule has 0 saturated heterocycles. The molecule has 1 aromatic heterocycles. The first-order valence-electron chi connectivity index (χ1n) is 5.08. The summed E-state index contributed by atoms with van der Waals surface area (Å²) in [6.45, 7) is 0.858. The Kier molecular flexibility index (Phi) is 2.30. The number of thiophene rings is 1. The van der Waals surface area contributed by atoms with E-state index in [1.54, 1.807) is 11.3 Å². The molecule has 2 nitrogen and oxygen atoms in total. The van der Waals surface area contributed by atoms with Crippen molar-refractivity contribution in [3.05, 3.63) is 39.5 Å². The number of hydrogen-bond acceptors (Lipinski definition) is 3. The first-order chi connectivity index (χ1) is 7.75. The van der Waals surface area contributed by atoms with Gasteiger partial charge in [0.1, 0.15) is 0 Å². The number of halogens is 1. The van der Waals surface area contributed by atoms with Crippen molar-refractivity contribution in [3.63, 3.8) is 0 Å². The number of nitrogens with one attached hydrogen (secondary N) is 1. The number of nitrogens with zero attached hydrogens (tertiary/aromatic N) is 1. The van der Waals surface area contributed by atoms with Gasteiger partial charge in [0.2, 0.25) is 0 Å². The normalized spacial score (nSPS) is 13.8. The van der Waals surface area contributed by atoms with Crippen LogP contribution in [0, 0.1) is 0 Å². The molecule has 0 spiro atoms. The summed E-state index contributed by atoms with van der Waals surface area (Å²) < 4.78 is 0. The Balaban J connectivity index is 2.16. The molecule has 0 unspecified atom stereocenters. The Morgan fingerprint density at radius 1 is 1.31 bits per heavy atom. The van der Waals surface area contributed by atoms with Crippen molar-refractivity contribution < 1.29 is 0 Å². The first-order valence-corrected chi connectivity index (χ1v) is 6.40. The Morgan fingerprint density at radius 3 is 3.06 bits per heavy atom. The molecule has 0 radical (unpaired) electrons. The van der Waals surface area contributed by atoms with Gasteiger partial charge in [-0.2, -0.15) is 0 Å². The summed E-state index contributed by atoms with van der Waals surface area (Å²) in [6, 6.07) is 5.95. The van der Waals surface area contributed by atoms with Crippen LogP contribution in [-0.2, 0) is 6.54 Å². The molecule has 3 rings (SSSR count). The van der Waals surface area contributed by atoms with E-state index >= 15 is 0 Å². The van der Waals surface area contributed by atoms with Gasteiger partial charge in [0.15, 0.2) is 0 Å². The Labute approximate surface area is 103 Å². The van der Waals surface area contributed by atoms with Crippen LogP contribution >= 0.6 is 22.9 Å². The van der Waals surface area contributed by atoms with Gasteiger partial charge in [-0.25, -0.2) is 0 Å². The average molecular weight is 251 g/mol. The Hall–Kier alpha value is -1.19. The summed E-state index contributed by atoms with van der Waals surface area (Å²) in [7, 11) is 2.09. The van der Waals surface area contributed by atoms with Gasteiger partial charge in [0.05, 0.1) is 17.1 Å². The zero-order valence-corrected chi connectivity index (χ0v) is 10.4. The van der Waals surface area contributed by atoms with Crippen LogP contribution in [0.3, 0.4) is 0 Å². The lowest BCUT2D eigenvalue weighted by atomic mass is 10.2. The van der Waals surface area contributed by atoms with Crippen LogP contribution in [0.4, 0.5) is 17.1 Å². The van der Waals surface area contributed by atoms with E-state index in [1.807, 2.05) is 12.1 Å². The van der Waals surface area contributed by atoms with Gasteiger partial charge in [-0.15, -0.1) is 11.3 Å². The fourth-order valence-electron chi connectivity index (χ4n) is 2.01. The van der Waals surface area contributed by atoms with Crippen molar-refractivity contribution in [2.75, 3.05) is 17.3 Å². The molecule has 0 saturated carbocycles. The lowest BCUT2D eigenvalue weighted by Gasteiger charge is -2.19. The minimum atomic E-state index is 0.768. The maximum atomic E-state index is 6.01. The second-order valence-corrected chi connectivity index (χ2v) is 5.04. The third kappa shape index (κ3) is 1.47. The van der Waals surface area contributed by atoms with Gasteiger partial charge in [0, 0.05) is 29.6 Å². The van der Waals surface area contributed by atoms with E-state index < -0.39 is 0 Å². The highest BCUT2D eigenvalue weighted by molar-refractivity contribution is 7.08. The number of anilines is 3. The third-order valence-electron chi connectivity index (χ3n) is 2.87. The number of rotatable bonds is 0. The molecule has 0 fully saturated rings. The molecule has 2 heterocycles. The van der Waals surface area contributed by atoms with Crippen LogP contribution in [0.15, 0.2) is 29.0 Å². The standard InChI is InChI=1S/C12H11ClN2S/c1-15-11-3-2-9(13)4-10(11)14-5-8-6-16-7-12(8)15/h2-4,6-7,14H,5H2,1H3. The molecule has 16 heavy (non-hydrogen) atoms. The fourth-order valence-corrected chi connectivity index (χ4v) is 3.05. The summed E-state index contributed by atoms with van der Waals surface area (Å²) in [5, 5.41) is 8.55. The van der Waals surface area contributed by atoms with Gasteiger partial charge in [-0.1, -0.05) is 11.6 Å². The molecule has 0 bridgehead atoms. The van der Waals surface area contributed by atoms with Gasteiger partial charge >= 0.3 is 0 Å². The van der Waals surface area contributed by atoms with Crippen LogP contribution in [0.5, 0.6) is 0 Å². The maximum absolute atomic E-state index is 6.01. The van der Waals surface area contributed by atoms with Crippen LogP contribution in [0.1, 0.15) is 5.56 Å². The van der Waals surface area contributed by atoms with Gasteiger partial charge in [0.25, 0.3) is 0 Å². The van der Waals surface area contributed by atoms with Crippen LogP contribution in [0.2, 0.25) is 5.02 Å². The van der Waals surface area contributed by atoms with Gasteiger partial charge in [-0.05, 0) is 23.6 Å². The van der Waals surface area contributed by atoms with Crippen molar-refractivity contribution >= 4 is 40.0 Å². The van der Waals surface area contributed by atoms with E-state index in [0.717, 1.165) is 17.3 Å². The smallest absolute Gasteiger partial charge is 0.0645 e. The molecule has 82 valence electrons. The van der Waals surface area contributed by atoms with E-state index in [-0.39, 0.29) is 0 Å². The second-order valence-electron chi connectivity index (χ2n) is 3.86. The fraction of sp³-hybridized carbons (Fsp3) is 0.167. The van der Waals surface area contributed by atoms with E-state index in [9.17, 15) is 0 Å². The Bertz CT molecular complexity index is 536. The molecule has 4 heteroatoms. The highest BCUT2D eigenvalue weighted by atomic mass is 35.5. The van der Waals surface area contributed by atoms with E-state index in [0.29, 0.717) is 0 Å². The summed E-state index contributed by atoms with van der Waals surface area (Å²) >= 11 is 7.74. The molecule has 1 aliphatic heterocycles. The molecule has 0 atom stereocenters. The first kappa shape index (κ1) is 10.00. The summed E-state index contributed by atoms with van der Waals surface area (Å²) in [5.74, 6) is 0. The number of fused-ring (bicyclic) bond motifs is 2. The second kappa shape index (κ2) is 3.68. The quantitative estimate of drug-likeness (QED) is 0.758. The minimum absolute atomic E-state index is 0.768. The lowest BCUT2D eigenvalue weighted by Crippen LogP contribution is -2.08. The van der Waals surface area contributed by atoms with Crippen molar-refractivity contribution in [2.24, 2.45) is 0 Å². The predicted molar refractivity (Wildman–Crippen MR) is 71.2 cm³/mol. The molecule has 1 aromatic carbocycles. The van der Waals surface area contributed by atoms with Crippen LogP contribution in [-0.4, -0.2) is 7.05 Å². The summed E-state index contributed by atoms with van der Waals surface area (Å²) in [4.78, 5) is 2.21. The highest BCUT2D eigenvalue weighted by Gasteiger charge is 2.17. The molecular formula is C12H11ClN2S. The summed E-state index contributed by atoms with van der Waals surface area (Å²) in [6.07, 6.45) is 0. The van der Waals surface area contributed by atoms with Crippen LogP contribution < -0.4 is 10.2 Å². The number of benzene rings is 1. The average Bonchev–Trinajstić information content (AvgIpc) is 2.69. The molecule has 1 N–H and O–H groups in total. The molecular weight excluding hydrogens is 240 g/mol. The largest absolute Gasteiger partial charge is 0.379 e. The topological polar surface area (TPSA) is 15.3 Å². The predicted octanol–water partition coefficient (Wildman–Crippen LogP) is 4.09. The lowest BCUT2D eigenvalue weighted by molar-refractivity contribution is 1.17. The monoisotopic (exact) mass is 250 g/mol. The zero-order valence-electron chi connectivity index (χ0n) is 8.83. The SMILES string of the molecule is CN1c2cscc2CNc2cc(Cl)ccc21. The van der Waals surface area contributed by atoms with Crippen molar-refractivity contribution in [1.29, 1.82) is 0 Å². The molecule has 0 amide bonds. The van der Waals surface area contributed by atoms with E-state index in [4.69, 9.17) is 11.6 Å². The van der Waals surface area contributed by atoms with Crippen molar-refractivity contribution in [1.82, 2.24) is 0 Å². The van der Waals surface area contributed by atoms with Crippen molar-refractivity contribution in [2.45, 2.75) is 6.54 Å². The van der Waals surface area contributed by atoms with E-state index in [2.05, 4.69) is 34.1 Å². The number of hydrogen-bond donors (Lipinski definition) is 1. The molecule has 1 aliphatic rings. The molecule has 0 aliphatic carbocycles.